The quantitative estimate of drug-likeness (QED) is 0.380. The number of nitrogens with one attached hydrogen (secondary N) is 2. The summed E-state index contributed by atoms with van der Waals surface area (Å²) in [5, 5.41) is 20.0. The molecule has 0 fully saturated rings. The fraction of sp³-hybridized carbons (Fsp3) is 0.192. The zero-order valence-electron chi connectivity index (χ0n) is 18.3. The normalized spacial score (nSPS) is 13.9. The van der Waals surface area contributed by atoms with Crippen molar-refractivity contribution >= 4 is 20.9 Å². The van der Waals surface area contributed by atoms with Gasteiger partial charge < -0.3 is 14.8 Å². The Hall–Kier alpha value is -3.64. The van der Waals surface area contributed by atoms with E-state index in [9.17, 15) is 13.5 Å². The molecule has 5 rings (SSSR count). The minimum atomic E-state index is -3.99. The third-order valence-electron chi connectivity index (χ3n) is 6.07. The Morgan fingerprint density at radius 2 is 1.91 bits per heavy atom. The van der Waals surface area contributed by atoms with Crippen LogP contribution in [0.5, 0.6) is 5.75 Å². The first kappa shape index (κ1) is 22.2. The van der Waals surface area contributed by atoms with E-state index in [4.69, 9.17) is 10.00 Å². The molecule has 0 amide bonds. The monoisotopic (exact) mass is 473 g/mol. The smallest absolute Gasteiger partial charge is 0.244 e. The molecule has 0 aliphatic carbocycles. The van der Waals surface area contributed by atoms with Gasteiger partial charge in [0.2, 0.25) is 10.0 Å². The molecule has 1 aliphatic heterocycles. The Kier molecular flexibility index (Phi) is 5.84. The van der Waals surface area contributed by atoms with Crippen molar-refractivity contribution in [3.63, 3.8) is 0 Å². The molecule has 0 spiro atoms. The number of H-pyrrole nitrogens is 1. The van der Waals surface area contributed by atoms with Gasteiger partial charge in [-0.05, 0) is 59.0 Å². The van der Waals surface area contributed by atoms with Crippen molar-refractivity contribution in [3.05, 3.63) is 83.6 Å². The van der Waals surface area contributed by atoms with E-state index in [0.717, 1.165) is 33.2 Å². The summed E-state index contributed by atoms with van der Waals surface area (Å²) in [4.78, 5) is 3.24. The van der Waals surface area contributed by atoms with Gasteiger partial charge in [-0.2, -0.15) is 5.26 Å². The van der Waals surface area contributed by atoms with Crippen molar-refractivity contribution < 1.29 is 18.3 Å². The van der Waals surface area contributed by atoms with E-state index in [1.807, 2.05) is 36.5 Å². The zero-order valence-corrected chi connectivity index (χ0v) is 19.1. The van der Waals surface area contributed by atoms with Crippen LogP contribution in [0.2, 0.25) is 0 Å². The summed E-state index contributed by atoms with van der Waals surface area (Å²) in [5.74, 6) is 0.355. The Morgan fingerprint density at radius 1 is 1.12 bits per heavy atom. The molecule has 172 valence electrons. The molecular weight excluding hydrogens is 450 g/mol. The number of ether oxygens (including phenoxy) is 1. The first-order valence-electron chi connectivity index (χ1n) is 11.0. The molecule has 1 aliphatic rings. The van der Waals surface area contributed by atoms with Gasteiger partial charge in [-0.15, -0.1) is 0 Å². The number of sulfonamides is 1. The van der Waals surface area contributed by atoms with Crippen molar-refractivity contribution in [2.24, 2.45) is 0 Å². The van der Waals surface area contributed by atoms with E-state index >= 15 is 0 Å². The summed E-state index contributed by atoms with van der Waals surface area (Å²) in [6, 6.07) is 19.7. The molecule has 0 saturated carbocycles. The summed E-state index contributed by atoms with van der Waals surface area (Å²) in [7, 11) is -3.99. The van der Waals surface area contributed by atoms with Gasteiger partial charge in [0.25, 0.3) is 0 Å². The molecule has 3 N–H and O–H groups in total. The van der Waals surface area contributed by atoms with Crippen LogP contribution in [0.3, 0.4) is 0 Å². The third kappa shape index (κ3) is 4.17. The highest BCUT2D eigenvalue weighted by Crippen LogP contribution is 2.37. The second-order valence-corrected chi connectivity index (χ2v) is 10.00. The summed E-state index contributed by atoms with van der Waals surface area (Å²) in [5.41, 5.74) is 4.77. The maximum Gasteiger partial charge on any atom is 0.244 e. The summed E-state index contributed by atoms with van der Waals surface area (Å²) in [6.45, 7) is 0.0601. The number of rotatable bonds is 7. The van der Waals surface area contributed by atoms with Crippen molar-refractivity contribution in [2.75, 3.05) is 13.2 Å². The van der Waals surface area contributed by atoms with Gasteiger partial charge in [0.1, 0.15) is 10.6 Å². The van der Waals surface area contributed by atoms with Crippen LogP contribution in [0.15, 0.2) is 71.8 Å². The van der Waals surface area contributed by atoms with Crippen molar-refractivity contribution in [2.45, 2.75) is 23.8 Å². The maximum absolute atomic E-state index is 13.5. The summed E-state index contributed by atoms with van der Waals surface area (Å²) >= 11 is 0. The van der Waals surface area contributed by atoms with Gasteiger partial charge in [-0.1, -0.05) is 30.3 Å². The Bertz CT molecular complexity index is 1500. The number of para-hydroxylation sites is 1. The second kappa shape index (κ2) is 8.95. The highest BCUT2D eigenvalue weighted by atomic mass is 32.2. The molecule has 0 radical (unpaired) electrons. The molecule has 1 aromatic heterocycles. The number of fused-ring (bicyclic) bond motifs is 2. The number of aromatic amines is 1. The summed E-state index contributed by atoms with van der Waals surface area (Å²) in [6.07, 6.45) is 2.78. The first-order valence-corrected chi connectivity index (χ1v) is 12.5. The molecule has 0 unspecified atom stereocenters. The first-order chi connectivity index (χ1) is 16.5. The van der Waals surface area contributed by atoms with Gasteiger partial charge >= 0.3 is 0 Å². The van der Waals surface area contributed by atoms with E-state index in [-0.39, 0.29) is 11.5 Å². The molecule has 4 aromatic rings. The number of nitriles is 1. The second-order valence-electron chi connectivity index (χ2n) is 8.31. The number of nitrogens with zero attached hydrogens (tertiary/aromatic N) is 1. The molecule has 1 atom stereocenters. The van der Waals surface area contributed by atoms with Crippen LogP contribution in [-0.2, 0) is 22.9 Å². The average molecular weight is 474 g/mol. The maximum atomic E-state index is 13.5. The van der Waals surface area contributed by atoms with E-state index in [0.29, 0.717) is 30.8 Å². The van der Waals surface area contributed by atoms with Crippen molar-refractivity contribution in [1.29, 1.82) is 5.26 Å². The lowest BCUT2D eigenvalue weighted by Gasteiger charge is -2.18. The van der Waals surface area contributed by atoms with Crippen LogP contribution in [0.25, 0.3) is 22.0 Å². The minimum absolute atomic E-state index is 0.0548. The van der Waals surface area contributed by atoms with Crippen LogP contribution >= 0.6 is 0 Å². The van der Waals surface area contributed by atoms with Gasteiger partial charge in [0, 0.05) is 29.6 Å². The molecule has 3 aromatic carbocycles. The van der Waals surface area contributed by atoms with Crippen LogP contribution in [-0.4, -0.2) is 37.8 Å². The molecule has 0 bridgehead atoms. The van der Waals surface area contributed by atoms with E-state index < -0.39 is 16.1 Å². The van der Waals surface area contributed by atoms with Crippen molar-refractivity contribution in [3.8, 4) is 22.9 Å². The fourth-order valence-corrected chi connectivity index (χ4v) is 5.81. The Morgan fingerprint density at radius 3 is 2.68 bits per heavy atom. The molecule has 2 heterocycles. The summed E-state index contributed by atoms with van der Waals surface area (Å²) < 4.78 is 35.3. The van der Waals surface area contributed by atoms with Crippen LogP contribution in [0.1, 0.15) is 16.7 Å². The minimum Gasteiger partial charge on any atom is -0.492 e. The molecule has 34 heavy (non-hydrogen) atoms. The third-order valence-corrected chi connectivity index (χ3v) is 7.60. The molecule has 8 heteroatoms. The van der Waals surface area contributed by atoms with E-state index in [2.05, 4.69) is 15.8 Å². The number of hydrogen-bond donors (Lipinski definition) is 3. The zero-order chi connectivity index (χ0) is 23.7. The van der Waals surface area contributed by atoms with Gasteiger partial charge in [-0.25, -0.2) is 13.1 Å². The SMILES string of the molecule is N#Cc1ccc(-c2cc3c(c(S(=O)(=O)N[C@H](CO)Cc4c[nH]c5ccccc45)c2)OCC3)cc1. The topological polar surface area (TPSA) is 115 Å². The van der Waals surface area contributed by atoms with Gasteiger partial charge in [-0.3, -0.25) is 0 Å². The molecule has 7 nitrogen and oxygen atoms in total. The lowest BCUT2D eigenvalue weighted by atomic mass is 10.0. The predicted molar refractivity (Wildman–Crippen MR) is 129 cm³/mol. The fourth-order valence-electron chi connectivity index (χ4n) is 4.37. The van der Waals surface area contributed by atoms with Crippen LogP contribution in [0, 0.1) is 11.3 Å². The predicted octanol–water partition coefficient (Wildman–Crippen LogP) is 3.52. The largest absolute Gasteiger partial charge is 0.492 e. The Labute approximate surface area is 197 Å². The van der Waals surface area contributed by atoms with Crippen LogP contribution in [0.4, 0.5) is 0 Å². The number of aliphatic hydroxyl groups is 1. The van der Waals surface area contributed by atoms with Crippen molar-refractivity contribution in [1.82, 2.24) is 9.71 Å². The average Bonchev–Trinajstić information content (AvgIpc) is 3.50. The van der Waals surface area contributed by atoms with Gasteiger partial charge in [0.05, 0.1) is 24.8 Å². The van der Waals surface area contributed by atoms with Crippen LogP contribution < -0.4 is 9.46 Å². The number of hydrogen-bond acceptors (Lipinski definition) is 5. The molecular formula is C26H23N3O4S. The number of aromatic nitrogens is 1. The highest BCUT2D eigenvalue weighted by Gasteiger charge is 2.29. The molecule has 0 saturated heterocycles. The van der Waals surface area contributed by atoms with E-state index in [1.165, 1.54) is 0 Å². The number of aliphatic hydroxyl groups excluding tert-OH is 1. The van der Waals surface area contributed by atoms with Gasteiger partial charge in [0.15, 0.2) is 0 Å². The highest BCUT2D eigenvalue weighted by molar-refractivity contribution is 7.89. The lowest BCUT2D eigenvalue weighted by molar-refractivity contribution is 0.256. The standard InChI is InChI=1S/C26H23N3O4S/c27-14-17-5-7-18(8-6-17)20-11-19-9-10-33-26(19)25(13-20)34(31,32)29-22(16-30)12-21-15-28-24-4-2-1-3-23(21)24/h1-8,11,13,15,22,28-30H,9-10,12,16H2/t22-/m0/s1. The Balaban J connectivity index is 1.47. The van der Waals surface area contributed by atoms with E-state index in [1.54, 1.807) is 30.3 Å². The number of benzene rings is 3. The lowest BCUT2D eigenvalue weighted by Crippen LogP contribution is -2.39.